The molecule has 0 aromatic carbocycles. The zero-order valence-electron chi connectivity index (χ0n) is 13.1. The number of piperidine rings is 1. The number of nitrogens with one attached hydrogen (secondary N) is 1. The number of nitrogens with two attached hydrogens (primary N) is 1. The fraction of sp³-hybridized carbons (Fsp3) is 0.733. The number of likely N-dealkylation sites (tertiary alicyclic amines) is 1. The molecule has 5 nitrogen and oxygen atoms in total. The molecule has 3 N–H and O–H groups in total. The van der Waals surface area contributed by atoms with Crippen molar-refractivity contribution in [3.8, 4) is 0 Å². The first-order chi connectivity index (χ1) is 9.42. The second-order valence-corrected chi connectivity index (χ2v) is 6.46. The van der Waals surface area contributed by atoms with Crippen LogP contribution < -0.4 is 11.1 Å². The Morgan fingerprint density at radius 2 is 2.00 bits per heavy atom. The molecule has 1 aliphatic rings. The molecule has 0 radical (unpaired) electrons. The lowest BCUT2D eigenvalue weighted by atomic mass is 9.92. The second-order valence-electron chi connectivity index (χ2n) is 6.46. The van der Waals surface area contributed by atoms with Crippen LogP contribution in [0.2, 0.25) is 0 Å². The van der Waals surface area contributed by atoms with Gasteiger partial charge in [-0.25, -0.2) is 4.98 Å². The summed E-state index contributed by atoms with van der Waals surface area (Å²) in [4.78, 5) is 10.9. The van der Waals surface area contributed by atoms with E-state index < -0.39 is 0 Å². The Labute approximate surface area is 122 Å². The van der Waals surface area contributed by atoms with Gasteiger partial charge in [0.25, 0.3) is 0 Å². The highest BCUT2D eigenvalue weighted by atomic mass is 15.2. The van der Waals surface area contributed by atoms with Gasteiger partial charge >= 0.3 is 0 Å². The van der Waals surface area contributed by atoms with Crippen molar-refractivity contribution in [2.45, 2.75) is 40.2 Å². The molecule has 1 aliphatic heterocycles. The fourth-order valence-electron chi connectivity index (χ4n) is 3.29. The van der Waals surface area contributed by atoms with E-state index in [-0.39, 0.29) is 0 Å². The van der Waals surface area contributed by atoms with E-state index in [1.165, 1.54) is 19.5 Å². The van der Waals surface area contributed by atoms with Crippen molar-refractivity contribution in [2.75, 3.05) is 30.7 Å². The zero-order valence-corrected chi connectivity index (χ0v) is 13.1. The number of anilines is 2. The molecule has 5 heteroatoms. The Bertz CT molecular complexity index is 418. The lowest BCUT2D eigenvalue weighted by Crippen LogP contribution is -2.43. The van der Waals surface area contributed by atoms with Crippen molar-refractivity contribution < 1.29 is 0 Å². The van der Waals surface area contributed by atoms with Gasteiger partial charge in [0, 0.05) is 37.4 Å². The van der Waals surface area contributed by atoms with Crippen LogP contribution in [0, 0.1) is 18.8 Å². The van der Waals surface area contributed by atoms with E-state index in [0.29, 0.717) is 12.0 Å². The van der Waals surface area contributed by atoms with Gasteiger partial charge in [0.2, 0.25) is 5.95 Å². The number of aromatic nitrogens is 2. The van der Waals surface area contributed by atoms with Gasteiger partial charge in [-0.3, -0.25) is 0 Å². The van der Waals surface area contributed by atoms with Crippen LogP contribution in [0.25, 0.3) is 0 Å². The van der Waals surface area contributed by atoms with Crippen molar-refractivity contribution in [2.24, 2.45) is 11.8 Å². The standard InChI is InChI=1S/C15H27N5/c1-10-5-11(2)8-20(7-10)9-13(4)17-14-6-12(3)18-15(16)19-14/h6,10-11,13H,5,7-9H2,1-4H3,(H3,16,17,18,19)/t10-,11+,13-/m0/s1. The summed E-state index contributed by atoms with van der Waals surface area (Å²) in [5, 5.41) is 3.43. The molecular weight excluding hydrogens is 250 g/mol. The van der Waals surface area contributed by atoms with Crippen LogP contribution in [0.1, 0.15) is 32.9 Å². The average Bonchev–Trinajstić information content (AvgIpc) is 2.24. The molecular formula is C15H27N5. The quantitative estimate of drug-likeness (QED) is 0.882. The molecule has 2 heterocycles. The van der Waals surface area contributed by atoms with E-state index in [9.17, 15) is 0 Å². The van der Waals surface area contributed by atoms with Gasteiger partial charge in [-0.05, 0) is 32.1 Å². The van der Waals surface area contributed by atoms with Gasteiger partial charge in [0.05, 0.1) is 0 Å². The van der Waals surface area contributed by atoms with Crippen molar-refractivity contribution in [3.05, 3.63) is 11.8 Å². The van der Waals surface area contributed by atoms with Crippen molar-refractivity contribution in [3.63, 3.8) is 0 Å². The molecule has 1 fully saturated rings. The van der Waals surface area contributed by atoms with Crippen LogP contribution in [-0.4, -0.2) is 40.5 Å². The Morgan fingerprint density at radius 3 is 2.60 bits per heavy atom. The molecule has 0 spiro atoms. The average molecular weight is 277 g/mol. The molecule has 3 atom stereocenters. The summed E-state index contributed by atoms with van der Waals surface area (Å²) in [6.45, 7) is 12.2. The van der Waals surface area contributed by atoms with Gasteiger partial charge < -0.3 is 16.0 Å². The fourth-order valence-corrected chi connectivity index (χ4v) is 3.29. The van der Waals surface area contributed by atoms with E-state index in [1.54, 1.807) is 0 Å². The monoisotopic (exact) mass is 277 g/mol. The highest BCUT2D eigenvalue weighted by molar-refractivity contribution is 5.40. The third-order valence-electron chi connectivity index (χ3n) is 3.74. The SMILES string of the molecule is Cc1cc(N[C@@H](C)CN2C[C@H](C)C[C@H](C)C2)nc(N)n1. The molecule has 0 unspecified atom stereocenters. The van der Waals surface area contributed by atoms with Gasteiger partial charge in [-0.15, -0.1) is 0 Å². The van der Waals surface area contributed by atoms with E-state index in [1.807, 2.05) is 13.0 Å². The maximum absolute atomic E-state index is 5.68. The first-order valence-electron chi connectivity index (χ1n) is 7.52. The first kappa shape index (κ1) is 15.0. The Balaban J connectivity index is 1.90. The lowest BCUT2D eigenvalue weighted by molar-refractivity contribution is 0.138. The number of hydrogen-bond acceptors (Lipinski definition) is 5. The maximum atomic E-state index is 5.68. The number of nitrogen functional groups attached to an aromatic ring is 1. The number of hydrogen-bond donors (Lipinski definition) is 2. The number of nitrogens with zero attached hydrogens (tertiary/aromatic N) is 3. The number of rotatable bonds is 4. The molecule has 0 amide bonds. The predicted octanol–water partition coefficient (Wildman–Crippen LogP) is 2.15. The largest absolute Gasteiger partial charge is 0.368 e. The topological polar surface area (TPSA) is 67.1 Å². The third-order valence-corrected chi connectivity index (χ3v) is 3.74. The minimum Gasteiger partial charge on any atom is -0.368 e. The summed E-state index contributed by atoms with van der Waals surface area (Å²) in [5.41, 5.74) is 6.58. The summed E-state index contributed by atoms with van der Waals surface area (Å²) in [5.74, 6) is 2.74. The van der Waals surface area contributed by atoms with Gasteiger partial charge in [-0.1, -0.05) is 13.8 Å². The maximum Gasteiger partial charge on any atom is 0.222 e. The Morgan fingerprint density at radius 1 is 1.35 bits per heavy atom. The highest BCUT2D eigenvalue weighted by Gasteiger charge is 2.22. The number of aryl methyl sites for hydroxylation is 1. The van der Waals surface area contributed by atoms with Crippen LogP contribution in [0.4, 0.5) is 11.8 Å². The molecule has 1 aromatic rings. The van der Waals surface area contributed by atoms with E-state index in [0.717, 1.165) is 29.9 Å². The Hall–Kier alpha value is -1.36. The first-order valence-corrected chi connectivity index (χ1v) is 7.52. The minimum atomic E-state index is 0.333. The van der Waals surface area contributed by atoms with Gasteiger partial charge in [0.15, 0.2) is 0 Å². The molecule has 0 saturated carbocycles. The minimum absolute atomic E-state index is 0.333. The molecule has 112 valence electrons. The summed E-state index contributed by atoms with van der Waals surface area (Å²) in [7, 11) is 0. The van der Waals surface area contributed by atoms with E-state index >= 15 is 0 Å². The van der Waals surface area contributed by atoms with Crippen LogP contribution >= 0.6 is 0 Å². The van der Waals surface area contributed by atoms with Gasteiger partial charge in [-0.2, -0.15) is 4.98 Å². The molecule has 2 rings (SSSR count). The van der Waals surface area contributed by atoms with Crippen LogP contribution in [0.3, 0.4) is 0 Å². The van der Waals surface area contributed by atoms with Crippen molar-refractivity contribution >= 4 is 11.8 Å². The smallest absolute Gasteiger partial charge is 0.222 e. The van der Waals surface area contributed by atoms with Gasteiger partial charge in [0.1, 0.15) is 5.82 Å². The molecule has 0 aliphatic carbocycles. The highest BCUT2D eigenvalue weighted by Crippen LogP contribution is 2.21. The third kappa shape index (κ3) is 4.34. The molecule has 20 heavy (non-hydrogen) atoms. The molecule has 0 bridgehead atoms. The van der Waals surface area contributed by atoms with E-state index in [4.69, 9.17) is 5.73 Å². The Kier molecular flexibility index (Phi) is 4.81. The van der Waals surface area contributed by atoms with E-state index in [2.05, 4.69) is 41.0 Å². The normalized spacial score (nSPS) is 25.4. The van der Waals surface area contributed by atoms with Crippen LogP contribution in [0.15, 0.2) is 6.07 Å². The van der Waals surface area contributed by atoms with Crippen LogP contribution in [-0.2, 0) is 0 Å². The van der Waals surface area contributed by atoms with Crippen LogP contribution in [0.5, 0.6) is 0 Å². The van der Waals surface area contributed by atoms with Crippen molar-refractivity contribution in [1.82, 2.24) is 14.9 Å². The van der Waals surface area contributed by atoms with Crippen molar-refractivity contribution in [1.29, 1.82) is 0 Å². The molecule has 1 aromatic heterocycles. The summed E-state index contributed by atoms with van der Waals surface area (Å²) < 4.78 is 0. The summed E-state index contributed by atoms with van der Waals surface area (Å²) >= 11 is 0. The molecule has 1 saturated heterocycles. The summed E-state index contributed by atoms with van der Waals surface area (Å²) in [6.07, 6.45) is 1.35. The second kappa shape index (κ2) is 6.39. The predicted molar refractivity (Wildman–Crippen MR) is 83.7 cm³/mol. The zero-order chi connectivity index (χ0) is 14.7. The lowest BCUT2D eigenvalue weighted by Gasteiger charge is -2.36. The summed E-state index contributed by atoms with van der Waals surface area (Å²) in [6, 6.07) is 2.29.